The highest BCUT2D eigenvalue weighted by molar-refractivity contribution is 5.76. The average Bonchev–Trinajstić information content (AvgIpc) is 2.33. The van der Waals surface area contributed by atoms with E-state index < -0.39 is 0 Å². The van der Waals surface area contributed by atoms with Crippen molar-refractivity contribution < 1.29 is 4.79 Å². The highest BCUT2D eigenvalue weighted by Crippen LogP contribution is 2.55. The smallest absolute Gasteiger partial charge is 0.224 e. The normalized spacial score (nSPS) is 41.1. The van der Waals surface area contributed by atoms with E-state index in [9.17, 15) is 4.79 Å². The number of nitrogens with two attached hydrogens (primary N) is 1. The second-order valence-corrected chi connectivity index (χ2v) is 6.64. The molecule has 0 atom stereocenters. The second-order valence-electron chi connectivity index (χ2n) is 6.64. The Bertz CT molecular complexity index is 300. The summed E-state index contributed by atoms with van der Waals surface area (Å²) >= 11 is 0. The molecule has 0 radical (unpaired) electrons. The van der Waals surface area contributed by atoms with Gasteiger partial charge < -0.3 is 10.6 Å². The zero-order valence-corrected chi connectivity index (χ0v) is 11.5. The average molecular weight is 250 g/mol. The molecule has 4 aliphatic carbocycles. The largest absolute Gasteiger partial charge is 0.339 e. The third-order valence-corrected chi connectivity index (χ3v) is 5.56. The molecule has 4 saturated carbocycles. The molecule has 0 aromatic carbocycles. The van der Waals surface area contributed by atoms with Crippen LogP contribution in [0.15, 0.2) is 0 Å². The zero-order valence-electron chi connectivity index (χ0n) is 11.5. The van der Waals surface area contributed by atoms with E-state index in [0.717, 1.165) is 30.2 Å². The summed E-state index contributed by atoms with van der Waals surface area (Å²) in [5.41, 5.74) is 5.55. The van der Waals surface area contributed by atoms with Gasteiger partial charge in [0.2, 0.25) is 5.91 Å². The molecule has 2 N–H and O–H groups in total. The fourth-order valence-electron chi connectivity index (χ4n) is 5.23. The maximum absolute atomic E-state index is 12.2. The molecule has 0 spiro atoms. The van der Waals surface area contributed by atoms with Gasteiger partial charge in [0.15, 0.2) is 0 Å². The Hall–Kier alpha value is -0.570. The molecule has 0 unspecified atom stereocenters. The minimum Gasteiger partial charge on any atom is -0.339 e. The zero-order chi connectivity index (χ0) is 12.7. The van der Waals surface area contributed by atoms with Crippen molar-refractivity contribution in [3.63, 3.8) is 0 Å². The third-order valence-electron chi connectivity index (χ3n) is 5.56. The Balaban J connectivity index is 1.76. The summed E-state index contributed by atoms with van der Waals surface area (Å²) in [6.45, 7) is 3.48. The van der Waals surface area contributed by atoms with Crippen molar-refractivity contribution in [2.45, 2.75) is 51.5 Å². The van der Waals surface area contributed by atoms with Crippen molar-refractivity contribution in [3.05, 3.63) is 0 Å². The van der Waals surface area contributed by atoms with Crippen LogP contribution in [0.25, 0.3) is 0 Å². The van der Waals surface area contributed by atoms with Crippen LogP contribution in [-0.2, 0) is 4.79 Å². The van der Waals surface area contributed by atoms with Gasteiger partial charge >= 0.3 is 0 Å². The number of nitrogens with zero attached hydrogens (tertiary/aromatic N) is 1. The number of hydrogen-bond donors (Lipinski definition) is 1. The van der Waals surface area contributed by atoms with Crippen molar-refractivity contribution in [3.8, 4) is 0 Å². The maximum Gasteiger partial charge on any atom is 0.224 e. The number of hydrogen-bond acceptors (Lipinski definition) is 2. The molecule has 0 aromatic rings. The van der Waals surface area contributed by atoms with Crippen LogP contribution < -0.4 is 5.73 Å². The molecule has 4 rings (SSSR count). The number of rotatable bonds is 4. The van der Waals surface area contributed by atoms with Crippen LogP contribution in [-0.4, -0.2) is 29.9 Å². The first-order valence-electron chi connectivity index (χ1n) is 7.72. The van der Waals surface area contributed by atoms with Gasteiger partial charge in [-0.25, -0.2) is 0 Å². The predicted octanol–water partition coefficient (Wildman–Crippen LogP) is 2.01. The summed E-state index contributed by atoms with van der Waals surface area (Å²) in [5.74, 6) is 3.84. The van der Waals surface area contributed by atoms with Gasteiger partial charge in [-0.1, -0.05) is 0 Å². The predicted molar refractivity (Wildman–Crippen MR) is 71.9 cm³/mol. The van der Waals surface area contributed by atoms with E-state index in [4.69, 9.17) is 5.73 Å². The van der Waals surface area contributed by atoms with Gasteiger partial charge in [-0.05, 0) is 62.7 Å². The van der Waals surface area contributed by atoms with E-state index in [2.05, 4.69) is 11.8 Å². The highest BCUT2D eigenvalue weighted by Gasteiger charge is 2.50. The molecule has 4 fully saturated rings. The quantitative estimate of drug-likeness (QED) is 0.829. The lowest BCUT2D eigenvalue weighted by atomic mass is 9.54. The lowest BCUT2D eigenvalue weighted by Gasteiger charge is -2.57. The molecule has 0 saturated heterocycles. The second kappa shape index (κ2) is 4.84. The van der Waals surface area contributed by atoms with Gasteiger partial charge in [0.05, 0.1) is 0 Å². The van der Waals surface area contributed by atoms with Crippen LogP contribution >= 0.6 is 0 Å². The summed E-state index contributed by atoms with van der Waals surface area (Å²) < 4.78 is 0. The van der Waals surface area contributed by atoms with Crippen LogP contribution in [0.3, 0.4) is 0 Å². The Morgan fingerprint density at radius 3 is 2.11 bits per heavy atom. The van der Waals surface area contributed by atoms with Crippen LogP contribution in [0, 0.1) is 23.7 Å². The summed E-state index contributed by atoms with van der Waals surface area (Å²) in [5, 5.41) is 0. The third kappa shape index (κ3) is 1.97. The van der Waals surface area contributed by atoms with Gasteiger partial charge in [-0.2, -0.15) is 0 Å². The number of amides is 1. The lowest BCUT2D eigenvalue weighted by Crippen LogP contribution is -2.57. The summed E-state index contributed by atoms with van der Waals surface area (Å²) in [7, 11) is 0. The molecule has 0 heterocycles. The van der Waals surface area contributed by atoms with Crippen molar-refractivity contribution in [1.82, 2.24) is 4.90 Å². The Labute approximate surface area is 110 Å². The Morgan fingerprint density at radius 2 is 1.67 bits per heavy atom. The molecule has 102 valence electrons. The van der Waals surface area contributed by atoms with Gasteiger partial charge in [0.1, 0.15) is 0 Å². The van der Waals surface area contributed by atoms with E-state index >= 15 is 0 Å². The molecule has 18 heavy (non-hydrogen) atoms. The summed E-state index contributed by atoms with van der Waals surface area (Å²) in [6, 6.07) is 0.543. The first-order valence-corrected chi connectivity index (χ1v) is 7.72. The highest BCUT2D eigenvalue weighted by atomic mass is 16.2. The summed E-state index contributed by atoms with van der Waals surface area (Å²) in [6.07, 6.45) is 7.52. The Morgan fingerprint density at radius 1 is 1.11 bits per heavy atom. The molecule has 4 aliphatic rings. The van der Waals surface area contributed by atoms with E-state index in [1.165, 1.54) is 32.1 Å². The van der Waals surface area contributed by atoms with Gasteiger partial charge in [0, 0.05) is 25.6 Å². The molecular formula is C15H26N2O. The van der Waals surface area contributed by atoms with Crippen molar-refractivity contribution in [1.29, 1.82) is 0 Å². The van der Waals surface area contributed by atoms with Crippen LogP contribution in [0.1, 0.15) is 45.4 Å². The first kappa shape index (κ1) is 12.5. The van der Waals surface area contributed by atoms with E-state index in [0.29, 0.717) is 19.0 Å². The van der Waals surface area contributed by atoms with Gasteiger partial charge in [-0.3, -0.25) is 4.79 Å². The van der Waals surface area contributed by atoms with Crippen molar-refractivity contribution >= 4 is 5.91 Å². The topological polar surface area (TPSA) is 46.3 Å². The minimum absolute atomic E-state index is 0.289. The molecular weight excluding hydrogens is 224 g/mol. The van der Waals surface area contributed by atoms with Crippen LogP contribution in [0.4, 0.5) is 0 Å². The van der Waals surface area contributed by atoms with E-state index in [-0.39, 0.29) is 5.91 Å². The lowest BCUT2D eigenvalue weighted by molar-refractivity contribution is -0.143. The standard InChI is InChI=1S/C15H26N2O/c1-2-17(14(18)3-4-16)15-12-6-10-5-11(8-12)9-13(15)7-10/h10-13,15H,2-9,16H2,1H3. The van der Waals surface area contributed by atoms with Crippen LogP contribution in [0.2, 0.25) is 0 Å². The van der Waals surface area contributed by atoms with Crippen molar-refractivity contribution in [2.75, 3.05) is 13.1 Å². The van der Waals surface area contributed by atoms with Crippen LogP contribution in [0.5, 0.6) is 0 Å². The van der Waals surface area contributed by atoms with Gasteiger partial charge in [-0.15, -0.1) is 0 Å². The van der Waals surface area contributed by atoms with Crippen molar-refractivity contribution in [2.24, 2.45) is 29.4 Å². The molecule has 4 bridgehead atoms. The first-order chi connectivity index (χ1) is 8.72. The molecule has 1 amide bonds. The fourth-order valence-corrected chi connectivity index (χ4v) is 5.23. The SMILES string of the molecule is CCN(C(=O)CCN)C1C2CC3CC(C2)CC1C3. The fraction of sp³-hybridized carbons (Fsp3) is 0.933. The minimum atomic E-state index is 0.289. The Kier molecular flexibility index (Phi) is 3.35. The molecule has 3 nitrogen and oxygen atoms in total. The van der Waals surface area contributed by atoms with E-state index in [1.54, 1.807) is 0 Å². The summed E-state index contributed by atoms with van der Waals surface area (Å²) in [4.78, 5) is 14.4. The van der Waals surface area contributed by atoms with E-state index in [1.807, 2.05) is 0 Å². The molecule has 3 heteroatoms. The molecule has 0 aromatic heterocycles. The number of carbonyl (C=O) groups is 1. The maximum atomic E-state index is 12.2. The van der Waals surface area contributed by atoms with Gasteiger partial charge in [0.25, 0.3) is 0 Å². The molecule has 0 aliphatic heterocycles. The monoisotopic (exact) mass is 250 g/mol. The number of carbonyl (C=O) groups excluding carboxylic acids is 1.